The van der Waals surface area contributed by atoms with Gasteiger partial charge in [0, 0.05) is 12.5 Å². The molecule has 0 aliphatic carbocycles. The first-order valence-corrected chi connectivity index (χ1v) is 9.23. The zero-order valence-corrected chi connectivity index (χ0v) is 16.0. The molecule has 0 spiro atoms. The quantitative estimate of drug-likeness (QED) is 0.390. The molecular formula is C18H20N6O6. The lowest BCUT2D eigenvalue weighted by molar-refractivity contribution is -0.386. The number of fused-ring (bicyclic) bond motifs is 1. The van der Waals surface area contributed by atoms with E-state index in [2.05, 4.69) is 15.0 Å². The molecule has 1 fully saturated rings. The third-order valence-electron chi connectivity index (χ3n) is 4.96. The summed E-state index contributed by atoms with van der Waals surface area (Å²) in [7, 11) is 0. The van der Waals surface area contributed by atoms with Crippen LogP contribution in [0, 0.1) is 10.1 Å². The molecule has 0 bridgehead atoms. The zero-order chi connectivity index (χ0) is 21.4. The van der Waals surface area contributed by atoms with Crippen LogP contribution in [0.25, 0.3) is 11.2 Å². The highest BCUT2D eigenvalue weighted by Gasteiger charge is 2.35. The molecule has 12 heteroatoms. The number of anilines is 1. The molecule has 12 nitrogen and oxygen atoms in total. The van der Waals surface area contributed by atoms with Crippen molar-refractivity contribution < 1.29 is 24.6 Å². The average molecular weight is 416 g/mol. The number of nitro benzene ring substituents is 1. The van der Waals surface area contributed by atoms with Crippen LogP contribution in [0.2, 0.25) is 0 Å². The molecule has 1 saturated heterocycles. The van der Waals surface area contributed by atoms with Crippen LogP contribution in [-0.4, -0.2) is 53.5 Å². The van der Waals surface area contributed by atoms with E-state index in [-0.39, 0.29) is 30.5 Å². The number of hydrogen-bond donors (Lipinski definition) is 3. The van der Waals surface area contributed by atoms with Crippen molar-refractivity contribution in [2.24, 2.45) is 0 Å². The molecule has 4 atom stereocenters. The van der Waals surface area contributed by atoms with Gasteiger partial charge in [0.15, 0.2) is 11.2 Å². The van der Waals surface area contributed by atoms with Crippen LogP contribution in [0.1, 0.15) is 31.2 Å². The van der Waals surface area contributed by atoms with Crippen molar-refractivity contribution in [2.75, 3.05) is 12.3 Å². The molecule has 1 unspecified atom stereocenters. The molecule has 30 heavy (non-hydrogen) atoms. The van der Waals surface area contributed by atoms with Crippen molar-refractivity contribution in [1.29, 1.82) is 0 Å². The third-order valence-corrected chi connectivity index (χ3v) is 4.96. The Morgan fingerprint density at radius 1 is 1.43 bits per heavy atom. The Morgan fingerprint density at radius 2 is 2.20 bits per heavy atom. The number of nitrogen functional groups attached to an aromatic ring is 1. The van der Waals surface area contributed by atoms with Crippen LogP contribution in [0.5, 0.6) is 5.88 Å². The van der Waals surface area contributed by atoms with Crippen LogP contribution in [0.3, 0.4) is 0 Å². The lowest BCUT2D eigenvalue weighted by atomic mass is 10.1. The molecule has 3 heterocycles. The molecule has 4 N–H and O–H groups in total. The Morgan fingerprint density at radius 3 is 2.90 bits per heavy atom. The summed E-state index contributed by atoms with van der Waals surface area (Å²) in [6, 6.07) is 6.26. The molecule has 0 saturated carbocycles. The monoisotopic (exact) mass is 416 g/mol. The van der Waals surface area contributed by atoms with Crippen molar-refractivity contribution in [3.8, 4) is 5.88 Å². The van der Waals surface area contributed by atoms with Crippen LogP contribution < -0.4 is 10.5 Å². The van der Waals surface area contributed by atoms with Gasteiger partial charge in [0.05, 0.1) is 29.5 Å². The number of para-hydroxylation sites is 1. The van der Waals surface area contributed by atoms with Crippen molar-refractivity contribution >= 4 is 22.8 Å². The first kappa shape index (κ1) is 19.9. The van der Waals surface area contributed by atoms with E-state index in [1.54, 1.807) is 29.7 Å². The Hall–Kier alpha value is -3.35. The van der Waals surface area contributed by atoms with Gasteiger partial charge in [-0.15, -0.1) is 0 Å². The summed E-state index contributed by atoms with van der Waals surface area (Å²) < 4.78 is 13.1. The molecule has 4 rings (SSSR count). The largest absolute Gasteiger partial charge is 0.468 e. The maximum absolute atomic E-state index is 11.3. The van der Waals surface area contributed by atoms with Crippen molar-refractivity contribution in [2.45, 2.75) is 37.9 Å². The summed E-state index contributed by atoms with van der Waals surface area (Å²) in [6.45, 7) is 1.34. The fourth-order valence-corrected chi connectivity index (χ4v) is 3.48. The normalized spacial score (nSPS) is 22.3. The van der Waals surface area contributed by atoms with E-state index < -0.39 is 29.5 Å². The number of imidazole rings is 1. The van der Waals surface area contributed by atoms with Crippen LogP contribution >= 0.6 is 0 Å². The number of rotatable bonds is 6. The van der Waals surface area contributed by atoms with Crippen LogP contribution in [0.15, 0.2) is 30.6 Å². The first-order chi connectivity index (χ1) is 14.4. The molecule has 3 aromatic rings. The second-order valence-electron chi connectivity index (χ2n) is 6.90. The summed E-state index contributed by atoms with van der Waals surface area (Å²) in [5.74, 6) is -0.00887. The van der Waals surface area contributed by atoms with E-state index in [0.29, 0.717) is 16.7 Å². The SMILES string of the molecule is CC(Oc1nc(N)nc2c1ncn2[C@H]1C[C@H](O)[C@@H](CO)O1)c1ccccc1[N+](=O)[O-]. The molecule has 1 aliphatic heterocycles. The topological polar surface area (TPSA) is 172 Å². The molecule has 0 amide bonds. The highest BCUT2D eigenvalue weighted by molar-refractivity contribution is 5.77. The minimum Gasteiger partial charge on any atom is -0.468 e. The van der Waals surface area contributed by atoms with Gasteiger partial charge in [0.1, 0.15) is 18.4 Å². The van der Waals surface area contributed by atoms with Gasteiger partial charge >= 0.3 is 0 Å². The maximum atomic E-state index is 11.3. The summed E-state index contributed by atoms with van der Waals surface area (Å²) in [4.78, 5) is 23.4. The Kier molecular flexibility index (Phi) is 5.20. The number of nitrogens with two attached hydrogens (primary N) is 1. The molecule has 158 valence electrons. The van der Waals surface area contributed by atoms with Crippen LogP contribution in [0.4, 0.5) is 11.6 Å². The van der Waals surface area contributed by atoms with Crippen molar-refractivity contribution in [1.82, 2.24) is 19.5 Å². The highest BCUT2D eigenvalue weighted by Crippen LogP contribution is 2.34. The first-order valence-electron chi connectivity index (χ1n) is 9.23. The van der Waals surface area contributed by atoms with Crippen LogP contribution in [-0.2, 0) is 4.74 Å². The second kappa shape index (κ2) is 7.82. The summed E-state index contributed by atoms with van der Waals surface area (Å²) in [6.07, 6.45) is -1.15. The number of ether oxygens (including phenoxy) is 2. The smallest absolute Gasteiger partial charge is 0.276 e. The Bertz CT molecular complexity index is 1090. The van der Waals surface area contributed by atoms with Gasteiger partial charge in [0.25, 0.3) is 5.69 Å². The number of aromatic nitrogens is 4. The van der Waals surface area contributed by atoms with Crippen molar-refractivity contribution in [3.63, 3.8) is 0 Å². The fraction of sp³-hybridized carbons (Fsp3) is 0.389. The number of hydrogen-bond acceptors (Lipinski definition) is 10. The van der Waals surface area contributed by atoms with Gasteiger partial charge in [-0.25, -0.2) is 4.98 Å². The second-order valence-corrected chi connectivity index (χ2v) is 6.90. The zero-order valence-electron chi connectivity index (χ0n) is 16.0. The van der Waals surface area contributed by atoms with Gasteiger partial charge in [0.2, 0.25) is 11.8 Å². The lowest BCUT2D eigenvalue weighted by Crippen LogP contribution is -2.24. The minimum atomic E-state index is -0.828. The van der Waals surface area contributed by atoms with E-state index in [1.807, 2.05) is 0 Å². The average Bonchev–Trinajstić information content (AvgIpc) is 3.30. The lowest BCUT2D eigenvalue weighted by Gasteiger charge is -2.16. The third kappa shape index (κ3) is 3.51. The number of aliphatic hydroxyl groups is 2. The number of nitrogens with zero attached hydrogens (tertiary/aromatic N) is 5. The molecule has 1 aliphatic rings. The number of nitro groups is 1. The molecular weight excluding hydrogens is 396 g/mol. The molecule has 1 aromatic carbocycles. The summed E-state index contributed by atoms with van der Waals surface area (Å²) >= 11 is 0. The van der Waals surface area contributed by atoms with Gasteiger partial charge in [-0.3, -0.25) is 14.7 Å². The van der Waals surface area contributed by atoms with E-state index >= 15 is 0 Å². The number of benzene rings is 1. The van der Waals surface area contributed by atoms with Gasteiger partial charge in [-0.2, -0.15) is 9.97 Å². The predicted octanol–water partition coefficient (Wildman–Crippen LogP) is 1.10. The Balaban J connectivity index is 1.68. The summed E-state index contributed by atoms with van der Waals surface area (Å²) in [5, 5.41) is 30.6. The highest BCUT2D eigenvalue weighted by atomic mass is 16.6. The minimum absolute atomic E-state index is 0.0687. The van der Waals surface area contributed by atoms with E-state index in [4.69, 9.17) is 15.2 Å². The van der Waals surface area contributed by atoms with Gasteiger partial charge in [-0.05, 0) is 13.0 Å². The summed E-state index contributed by atoms with van der Waals surface area (Å²) in [5.41, 5.74) is 6.76. The number of aliphatic hydroxyl groups excluding tert-OH is 2. The van der Waals surface area contributed by atoms with E-state index in [0.717, 1.165) is 0 Å². The predicted molar refractivity (Wildman–Crippen MR) is 103 cm³/mol. The van der Waals surface area contributed by atoms with E-state index in [1.165, 1.54) is 12.4 Å². The van der Waals surface area contributed by atoms with Gasteiger partial charge in [-0.1, -0.05) is 12.1 Å². The van der Waals surface area contributed by atoms with E-state index in [9.17, 15) is 20.3 Å². The Labute approximate surface area is 170 Å². The van der Waals surface area contributed by atoms with Crippen molar-refractivity contribution in [3.05, 3.63) is 46.3 Å². The van der Waals surface area contributed by atoms with Gasteiger partial charge < -0.3 is 25.4 Å². The standard InChI is InChI=1S/C18H20N6O6/c1-9(10-4-2-3-5-11(10)24(27)28)29-17-15-16(21-18(19)22-17)23(8-20-15)14-6-12(26)13(7-25)30-14/h2-5,8-9,12-14,25-26H,6-7H2,1H3,(H2,19,21,22)/t9?,12-,13+,14+/m0/s1. The maximum Gasteiger partial charge on any atom is 0.276 e. The molecule has 2 aromatic heterocycles. The molecule has 0 radical (unpaired) electrons. The fourth-order valence-electron chi connectivity index (χ4n) is 3.48.